The van der Waals surface area contributed by atoms with Gasteiger partial charge in [-0.25, -0.2) is 4.31 Å². The molecule has 1 saturated heterocycles. The predicted molar refractivity (Wildman–Crippen MR) is 137 cm³/mol. The van der Waals surface area contributed by atoms with Gasteiger partial charge in [0, 0.05) is 40.2 Å². The van der Waals surface area contributed by atoms with E-state index in [2.05, 4.69) is 105 Å². The number of aromatic amines is 1. The van der Waals surface area contributed by atoms with Crippen molar-refractivity contribution in [3.8, 4) is 11.1 Å². The summed E-state index contributed by atoms with van der Waals surface area (Å²) in [5.41, 5.74) is 5.07. The number of H-pyrrole nitrogens is 1. The number of benzene rings is 2. The van der Waals surface area contributed by atoms with E-state index in [0.29, 0.717) is 0 Å². The molecule has 0 saturated carbocycles. The molecule has 1 aliphatic rings. The van der Waals surface area contributed by atoms with E-state index >= 15 is 0 Å². The van der Waals surface area contributed by atoms with Crippen LogP contribution >= 0.6 is 11.9 Å². The number of rotatable bonds is 3. The van der Waals surface area contributed by atoms with Crippen LogP contribution in [0.1, 0.15) is 46.2 Å². The first-order valence-electron chi connectivity index (χ1n) is 11.0. The Kier molecular flexibility index (Phi) is 9.63. The van der Waals surface area contributed by atoms with Crippen LogP contribution in [0.5, 0.6) is 0 Å². The van der Waals surface area contributed by atoms with Gasteiger partial charge in [0.25, 0.3) is 0 Å². The summed E-state index contributed by atoms with van der Waals surface area (Å²) in [7, 11) is 3.14. The van der Waals surface area contributed by atoms with Crippen molar-refractivity contribution in [2.45, 2.75) is 63.9 Å². The van der Waals surface area contributed by atoms with Crippen molar-refractivity contribution in [1.82, 2.24) is 14.6 Å². The van der Waals surface area contributed by atoms with Gasteiger partial charge in [0.2, 0.25) is 0 Å². The molecule has 1 aliphatic heterocycles. The second-order valence-electron chi connectivity index (χ2n) is 9.04. The maximum absolute atomic E-state index is 7.00. The van der Waals surface area contributed by atoms with Gasteiger partial charge in [-0.2, -0.15) is 0 Å². The van der Waals surface area contributed by atoms with E-state index < -0.39 is 0 Å². The van der Waals surface area contributed by atoms with Crippen molar-refractivity contribution in [3.63, 3.8) is 0 Å². The molecule has 0 spiro atoms. The van der Waals surface area contributed by atoms with Crippen molar-refractivity contribution in [1.29, 1.82) is 0 Å². The van der Waals surface area contributed by atoms with Crippen molar-refractivity contribution in [3.05, 3.63) is 54.2 Å². The van der Waals surface area contributed by atoms with Gasteiger partial charge in [-0.05, 0) is 114 Å². The van der Waals surface area contributed by atoms with Crippen LogP contribution in [0.2, 0.25) is 0 Å². The van der Waals surface area contributed by atoms with Gasteiger partial charge in [-0.1, -0.05) is 18.2 Å². The summed E-state index contributed by atoms with van der Waals surface area (Å²) in [6.45, 7) is 12.2. The monoisotopic (exact) mass is 441 g/mol. The van der Waals surface area contributed by atoms with E-state index in [-0.39, 0.29) is 5.54 Å². The Balaban J connectivity index is 0.000000363. The number of aromatic nitrogens is 1. The Morgan fingerprint density at radius 1 is 1.03 bits per heavy atom. The highest BCUT2D eigenvalue weighted by Crippen LogP contribution is 2.32. The third-order valence-electron chi connectivity index (χ3n) is 5.42. The van der Waals surface area contributed by atoms with Gasteiger partial charge >= 0.3 is 0 Å². The molecule has 3 aromatic rings. The Morgan fingerprint density at radius 3 is 2.32 bits per heavy atom. The van der Waals surface area contributed by atoms with Gasteiger partial charge in [0.15, 0.2) is 0 Å². The van der Waals surface area contributed by atoms with Crippen LogP contribution in [0.15, 0.2) is 53.4 Å². The zero-order chi connectivity index (χ0) is 23.0. The summed E-state index contributed by atoms with van der Waals surface area (Å²) in [6.07, 6.45) is 2.75. The molecule has 0 radical (unpaired) electrons. The average molecular weight is 442 g/mol. The SMILES string of the molecule is CC1CCCN1.CO.Cc1cc2cc(-c3cccc(SN(C)C(C)(C)C)c3)ccc2[nH]1. The third-order valence-corrected chi connectivity index (χ3v) is 6.70. The molecule has 2 aromatic carbocycles. The molecule has 0 bridgehead atoms. The lowest BCUT2D eigenvalue weighted by Crippen LogP contribution is -2.32. The second-order valence-corrected chi connectivity index (χ2v) is 10.2. The third kappa shape index (κ3) is 7.69. The number of fused-ring (bicyclic) bond motifs is 1. The minimum atomic E-state index is 0.141. The fraction of sp³-hybridized carbons (Fsp3) is 0.462. The Labute approximate surface area is 192 Å². The molecule has 0 aliphatic carbocycles. The molecule has 31 heavy (non-hydrogen) atoms. The number of hydrogen-bond acceptors (Lipinski definition) is 4. The number of aryl methyl sites for hydroxylation is 1. The van der Waals surface area contributed by atoms with Crippen LogP contribution in [-0.2, 0) is 0 Å². The minimum Gasteiger partial charge on any atom is -0.400 e. The number of hydrogen-bond donors (Lipinski definition) is 3. The first-order chi connectivity index (χ1) is 14.7. The average Bonchev–Trinajstić information content (AvgIpc) is 3.36. The lowest BCUT2D eigenvalue weighted by molar-refractivity contribution is 0.319. The summed E-state index contributed by atoms with van der Waals surface area (Å²) in [5.74, 6) is 0. The lowest BCUT2D eigenvalue weighted by Gasteiger charge is -2.30. The maximum atomic E-state index is 7.00. The molecule has 1 unspecified atom stereocenters. The summed E-state index contributed by atoms with van der Waals surface area (Å²) in [5, 5.41) is 11.6. The van der Waals surface area contributed by atoms with Gasteiger partial charge in [0.1, 0.15) is 0 Å². The van der Waals surface area contributed by atoms with Gasteiger partial charge < -0.3 is 15.4 Å². The summed E-state index contributed by atoms with van der Waals surface area (Å²) in [6, 6.07) is 18.4. The molecule has 4 nitrogen and oxygen atoms in total. The molecule has 1 aromatic heterocycles. The van der Waals surface area contributed by atoms with Crippen LogP contribution < -0.4 is 5.32 Å². The van der Waals surface area contributed by atoms with Gasteiger partial charge in [-0.15, -0.1) is 0 Å². The highest BCUT2D eigenvalue weighted by molar-refractivity contribution is 7.97. The lowest BCUT2D eigenvalue weighted by atomic mass is 10.0. The first-order valence-corrected chi connectivity index (χ1v) is 11.8. The molecule has 4 rings (SSSR count). The summed E-state index contributed by atoms with van der Waals surface area (Å²) in [4.78, 5) is 4.65. The van der Waals surface area contributed by atoms with Crippen molar-refractivity contribution in [2.24, 2.45) is 0 Å². The number of nitrogens with zero attached hydrogens (tertiary/aromatic N) is 1. The van der Waals surface area contributed by atoms with E-state index in [1.54, 1.807) is 11.9 Å². The summed E-state index contributed by atoms with van der Waals surface area (Å²) >= 11 is 1.79. The van der Waals surface area contributed by atoms with Crippen LogP contribution in [0.3, 0.4) is 0 Å². The van der Waals surface area contributed by atoms with Gasteiger partial charge in [0.05, 0.1) is 0 Å². The van der Waals surface area contributed by atoms with Crippen molar-refractivity contribution < 1.29 is 5.11 Å². The molecule has 5 heteroatoms. The van der Waals surface area contributed by atoms with Crippen molar-refractivity contribution in [2.75, 3.05) is 20.7 Å². The predicted octanol–water partition coefficient (Wildman–Crippen LogP) is 6.25. The topological polar surface area (TPSA) is 51.3 Å². The molecule has 3 N–H and O–H groups in total. The zero-order valence-electron chi connectivity index (χ0n) is 20.1. The van der Waals surface area contributed by atoms with E-state index in [1.807, 2.05) is 0 Å². The molecular formula is C26H39N3OS. The highest BCUT2D eigenvalue weighted by Gasteiger charge is 2.18. The highest BCUT2D eigenvalue weighted by atomic mass is 32.2. The minimum absolute atomic E-state index is 0.141. The first kappa shape index (κ1) is 25.5. The smallest absolute Gasteiger partial charge is 0.0456 e. The van der Waals surface area contributed by atoms with Gasteiger partial charge in [-0.3, -0.25) is 0 Å². The quantitative estimate of drug-likeness (QED) is 0.421. The zero-order valence-corrected chi connectivity index (χ0v) is 20.9. The van der Waals surface area contributed by atoms with Crippen LogP contribution in [0, 0.1) is 6.92 Å². The Morgan fingerprint density at radius 2 is 1.74 bits per heavy atom. The van der Waals surface area contributed by atoms with Crippen LogP contribution in [-0.4, -0.2) is 46.7 Å². The standard InChI is InChI=1S/C20H24N2S.C5H11N.CH4O/c1-14-11-17-12-16(9-10-19(17)21-14)15-7-6-8-18(13-15)23-22(5)20(2,3)4;1-5-3-2-4-6-5;1-2/h6-13,21H,1-5H3;5-6H,2-4H2,1H3;2H,1H3. The Hall–Kier alpha value is -1.79. The molecular weight excluding hydrogens is 402 g/mol. The number of aliphatic hydroxyl groups is 1. The number of aliphatic hydroxyl groups excluding tert-OH is 1. The molecule has 2 heterocycles. The maximum Gasteiger partial charge on any atom is 0.0456 e. The number of nitrogens with one attached hydrogen (secondary N) is 2. The van der Waals surface area contributed by atoms with E-state index in [4.69, 9.17) is 5.11 Å². The van der Waals surface area contributed by atoms with E-state index in [1.165, 1.54) is 52.0 Å². The molecule has 170 valence electrons. The van der Waals surface area contributed by atoms with E-state index in [0.717, 1.165) is 13.2 Å². The summed E-state index contributed by atoms with van der Waals surface area (Å²) < 4.78 is 2.30. The normalized spacial score (nSPS) is 16.0. The van der Waals surface area contributed by atoms with E-state index in [9.17, 15) is 0 Å². The van der Waals surface area contributed by atoms with Crippen LogP contribution in [0.25, 0.3) is 22.0 Å². The molecule has 1 fully saturated rings. The van der Waals surface area contributed by atoms with Crippen molar-refractivity contribution >= 4 is 22.9 Å². The molecule has 1 atom stereocenters. The molecule has 0 amide bonds. The fourth-order valence-corrected chi connectivity index (χ4v) is 4.25. The second kappa shape index (κ2) is 11.7. The largest absolute Gasteiger partial charge is 0.400 e. The van der Waals surface area contributed by atoms with Crippen LogP contribution in [0.4, 0.5) is 0 Å². The Bertz CT molecular complexity index is 939. The fourth-order valence-electron chi connectivity index (χ4n) is 3.34.